The Bertz CT molecular complexity index is 984. The lowest BCUT2D eigenvalue weighted by Crippen LogP contribution is -2.57. The minimum absolute atomic E-state index is 0.0686. The second-order valence-corrected chi connectivity index (χ2v) is 8.67. The minimum atomic E-state index is -1.37. The predicted molar refractivity (Wildman–Crippen MR) is 126 cm³/mol. The molecule has 0 bridgehead atoms. The van der Waals surface area contributed by atoms with E-state index in [0.717, 1.165) is 5.56 Å². The van der Waals surface area contributed by atoms with Crippen molar-refractivity contribution in [2.45, 2.75) is 62.7 Å². The Morgan fingerprint density at radius 3 is 2.36 bits per heavy atom. The van der Waals surface area contributed by atoms with E-state index in [9.17, 15) is 35.7 Å². The fraction of sp³-hybridized carbons (Fsp3) is 0.520. The molecule has 7 atom stereocenters. The van der Waals surface area contributed by atoms with Gasteiger partial charge in [0.25, 0.3) is 0 Å². The van der Waals surface area contributed by atoms with Crippen molar-refractivity contribution in [1.82, 2.24) is 0 Å². The van der Waals surface area contributed by atoms with Crippen molar-refractivity contribution in [2.75, 3.05) is 20.3 Å². The Morgan fingerprint density at radius 2 is 1.69 bits per heavy atom. The molecule has 1 heterocycles. The van der Waals surface area contributed by atoms with Gasteiger partial charge in [0.15, 0.2) is 35.4 Å². The molecule has 1 aliphatic rings. The van der Waals surface area contributed by atoms with Gasteiger partial charge in [0.1, 0.15) is 24.4 Å². The van der Waals surface area contributed by atoms with Crippen molar-refractivity contribution in [1.29, 1.82) is 0 Å². The zero-order chi connectivity index (χ0) is 26.4. The summed E-state index contributed by atoms with van der Waals surface area (Å²) < 4.78 is 21.6. The number of hydrogen-bond acceptors (Lipinski definition) is 11. The van der Waals surface area contributed by atoms with Crippen LogP contribution in [0.25, 0.3) is 0 Å². The molecule has 1 fully saturated rings. The molecule has 11 nitrogen and oxygen atoms in total. The number of phenols is 2. The van der Waals surface area contributed by atoms with E-state index < -0.39 is 49.5 Å². The molecule has 0 aliphatic carbocycles. The first-order chi connectivity index (χ1) is 17.2. The summed E-state index contributed by atoms with van der Waals surface area (Å²) in [5, 5.41) is 70.1. The molecule has 11 heteroatoms. The minimum Gasteiger partial charge on any atom is -0.504 e. The van der Waals surface area contributed by atoms with Gasteiger partial charge in [-0.1, -0.05) is 12.1 Å². The van der Waals surface area contributed by atoms with E-state index in [1.54, 1.807) is 13.0 Å². The summed E-state index contributed by atoms with van der Waals surface area (Å²) in [4.78, 5) is 0. The molecule has 0 amide bonds. The summed E-state index contributed by atoms with van der Waals surface area (Å²) in [7, 11) is 1.38. The summed E-state index contributed by atoms with van der Waals surface area (Å²) in [6.45, 7) is 1.23. The van der Waals surface area contributed by atoms with Gasteiger partial charge in [0.05, 0.1) is 26.4 Å². The van der Waals surface area contributed by atoms with Crippen molar-refractivity contribution >= 4 is 0 Å². The Labute approximate surface area is 208 Å². The van der Waals surface area contributed by atoms with Crippen LogP contribution in [0.2, 0.25) is 0 Å². The molecule has 0 radical (unpaired) electrons. The molecule has 0 spiro atoms. The van der Waals surface area contributed by atoms with Crippen LogP contribution in [0.4, 0.5) is 0 Å². The number of ether oxygens (including phenoxy) is 4. The molecule has 1 saturated heterocycles. The van der Waals surface area contributed by atoms with Crippen molar-refractivity contribution < 1.29 is 54.7 Å². The van der Waals surface area contributed by atoms with Gasteiger partial charge in [-0.3, -0.25) is 0 Å². The topological polar surface area (TPSA) is 179 Å². The maximum atomic E-state index is 10.6. The van der Waals surface area contributed by atoms with E-state index in [1.165, 1.54) is 37.4 Å². The highest BCUT2D eigenvalue weighted by Crippen LogP contribution is 2.33. The van der Waals surface area contributed by atoms with E-state index in [-0.39, 0.29) is 29.6 Å². The zero-order valence-electron chi connectivity index (χ0n) is 20.1. The lowest BCUT2D eigenvalue weighted by Gasteiger charge is -2.38. The van der Waals surface area contributed by atoms with Gasteiger partial charge in [0.2, 0.25) is 0 Å². The average Bonchev–Trinajstić information content (AvgIpc) is 2.87. The Kier molecular flexibility index (Phi) is 9.74. The first-order valence-electron chi connectivity index (χ1n) is 11.6. The predicted octanol–water partition coefficient (Wildman–Crippen LogP) is 0.356. The van der Waals surface area contributed by atoms with Crippen molar-refractivity contribution in [3.63, 3.8) is 0 Å². The van der Waals surface area contributed by atoms with Crippen LogP contribution in [-0.2, 0) is 15.9 Å². The van der Waals surface area contributed by atoms with Gasteiger partial charge in [-0.25, -0.2) is 0 Å². The third-order valence-electron chi connectivity index (χ3n) is 6.08. The van der Waals surface area contributed by atoms with Crippen LogP contribution < -0.4 is 9.47 Å². The molecular formula is C25H34O11. The number of hydrogen-bond donors (Lipinski definition) is 7. The number of methoxy groups -OCH3 is 1. The number of aliphatic hydroxyl groups excluding tert-OH is 5. The average molecular weight is 511 g/mol. The SMILES string of the molecule is COc1cc([C@@H](O)[C@H](CO)Oc2ccc(CCCO[C@H]3O[C@H](C)[C@@H](O)[C@H](O)[C@@H]3O)cc2O)ccc1O. The number of aliphatic hydroxyl groups is 5. The molecule has 3 rings (SSSR count). The highest BCUT2D eigenvalue weighted by Gasteiger charge is 2.42. The second-order valence-electron chi connectivity index (χ2n) is 8.67. The van der Waals surface area contributed by atoms with E-state index in [4.69, 9.17) is 18.9 Å². The van der Waals surface area contributed by atoms with Crippen LogP contribution in [0.15, 0.2) is 36.4 Å². The fourth-order valence-electron chi connectivity index (χ4n) is 3.90. The van der Waals surface area contributed by atoms with E-state index in [2.05, 4.69) is 0 Å². The molecule has 2 aromatic carbocycles. The van der Waals surface area contributed by atoms with Crippen molar-refractivity contribution in [2.24, 2.45) is 0 Å². The Balaban J connectivity index is 1.54. The molecule has 200 valence electrons. The molecule has 0 saturated carbocycles. The van der Waals surface area contributed by atoms with Crippen LogP contribution in [0.1, 0.15) is 30.6 Å². The number of rotatable bonds is 11. The van der Waals surface area contributed by atoms with E-state index in [1.807, 2.05) is 0 Å². The summed E-state index contributed by atoms with van der Waals surface area (Å²) >= 11 is 0. The maximum absolute atomic E-state index is 10.6. The fourth-order valence-corrected chi connectivity index (χ4v) is 3.90. The number of phenolic OH excluding ortho intramolecular Hbond substituents is 2. The smallest absolute Gasteiger partial charge is 0.186 e. The third kappa shape index (κ3) is 6.56. The lowest BCUT2D eigenvalue weighted by molar-refractivity contribution is -0.293. The molecule has 0 unspecified atom stereocenters. The second kappa shape index (κ2) is 12.5. The van der Waals surface area contributed by atoms with Crippen molar-refractivity contribution in [3.05, 3.63) is 47.5 Å². The van der Waals surface area contributed by atoms with E-state index in [0.29, 0.717) is 18.4 Å². The van der Waals surface area contributed by atoms with Crippen molar-refractivity contribution in [3.8, 4) is 23.0 Å². The highest BCUT2D eigenvalue weighted by molar-refractivity contribution is 5.44. The van der Waals surface area contributed by atoms with Crippen LogP contribution in [0, 0.1) is 0 Å². The highest BCUT2D eigenvalue weighted by atomic mass is 16.7. The molecule has 2 aromatic rings. The van der Waals surface area contributed by atoms with Crippen LogP contribution in [-0.4, -0.2) is 92.9 Å². The standard InChI is InChI=1S/C25H34O11/c1-13-21(29)23(31)24(32)25(35-13)34-9-3-4-14-5-8-18(17(28)10-14)36-20(12-26)22(30)15-6-7-16(27)19(11-15)33-2/h5-8,10-11,13,20-32H,3-4,9,12H2,1-2H3/t13-,20+,21-,22-,23+,24+,25+/m1/s1. The zero-order valence-corrected chi connectivity index (χ0v) is 20.1. The van der Waals surface area contributed by atoms with Crippen LogP contribution in [0.3, 0.4) is 0 Å². The van der Waals surface area contributed by atoms with Gasteiger partial charge in [0, 0.05) is 0 Å². The Morgan fingerprint density at radius 1 is 0.944 bits per heavy atom. The molecule has 7 N–H and O–H groups in total. The van der Waals surface area contributed by atoms with Gasteiger partial charge in [-0.05, 0) is 55.2 Å². The van der Waals surface area contributed by atoms with Gasteiger partial charge < -0.3 is 54.7 Å². The van der Waals surface area contributed by atoms with Crippen LogP contribution >= 0.6 is 0 Å². The molecular weight excluding hydrogens is 476 g/mol. The molecule has 36 heavy (non-hydrogen) atoms. The summed E-state index contributed by atoms with van der Waals surface area (Å²) in [5.41, 5.74) is 1.12. The lowest BCUT2D eigenvalue weighted by atomic mass is 10.00. The van der Waals surface area contributed by atoms with Crippen LogP contribution in [0.5, 0.6) is 23.0 Å². The first-order valence-corrected chi connectivity index (χ1v) is 11.6. The Hall–Kier alpha value is -2.64. The van der Waals surface area contributed by atoms with Gasteiger partial charge in [-0.15, -0.1) is 0 Å². The summed E-state index contributed by atoms with van der Waals surface area (Å²) in [6.07, 6.45) is -7.00. The normalized spacial score (nSPS) is 25.8. The number of benzene rings is 2. The molecule has 0 aromatic heterocycles. The summed E-state index contributed by atoms with van der Waals surface area (Å²) in [5.74, 6) is -0.0485. The molecule has 1 aliphatic heterocycles. The van der Waals surface area contributed by atoms with Gasteiger partial charge in [-0.2, -0.15) is 0 Å². The first kappa shape index (κ1) is 27.9. The van der Waals surface area contributed by atoms with Gasteiger partial charge >= 0.3 is 0 Å². The third-order valence-corrected chi connectivity index (χ3v) is 6.08. The van der Waals surface area contributed by atoms with E-state index >= 15 is 0 Å². The monoisotopic (exact) mass is 510 g/mol. The number of aromatic hydroxyl groups is 2. The maximum Gasteiger partial charge on any atom is 0.186 e. The quantitative estimate of drug-likeness (QED) is 0.208. The summed E-state index contributed by atoms with van der Waals surface area (Å²) in [6, 6.07) is 8.99. The largest absolute Gasteiger partial charge is 0.504 e. The number of aryl methyl sites for hydroxylation is 1.